The fraction of sp³-hybridized carbons (Fsp3) is 0.500. The molecule has 0 spiro atoms. The van der Waals surface area contributed by atoms with Gasteiger partial charge in [0, 0.05) is 30.2 Å². The third kappa shape index (κ3) is 5.80. The zero-order valence-electron chi connectivity index (χ0n) is 18.0. The highest BCUT2D eigenvalue weighted by Crippen LogP contribution is 2.35. The maximum absolute atomic E-state index is 13.5. The molecule has 0 unspecified atom stereocenters. The zero-order valence-corrected chi connectivity index (χ0v) is 19.6. The van der Waals surface area contributed by atoms with E-state index in [1.807, 2.05) is 12.1 Å². The quantitative estimate of drug-likeness (QED) is 0.552. The number of halogens is 1. The summed E-state index contributed by atoms with van der Waals surface area (Å²) in [6, 6.07) is 14.9. The first-order chi connectivity index (χ1) is 15.0. The van der Waals surface area contributed by atoms with Gasteiger partial charge >= 0.3 is 0 Å². The van der Waals surface area contributed by atoms with Gasteiger partial charge in [-0.3, -0.25) is 0 Å². The van der Waals surface area contributed by atoms with Crippen molar-refractivity contribution in [3.8, 4) is 5.75 Å². The van der Waals surface area contributed by atoms with Crippen LogP contribution < -0.4 is 4.74 Å². The van der Waals surface area contributed by atoms with Gasteiger partial charge in [0.2, 0.25) is 10.0 Å². The van der Waals surface area contributed by atoms with Crippen LogP contribution in [0, 0.1) is 5.92 Å². The van der Waals surface area contributed by atoms with Gasteiger partial charge in [-0.05, 0) is 80.9 Å². The summed E-state index contributed by atoms with van der Waals surface area (Å²) in [6.45, 7) is 3.47. The second-order valence-electron chi connectivity index (χ2n) is 8.65. The fourth-order valence-corrected chi connectivity index (χ4v) is 6.19. The Kier molecular flexibility index (Phi) is 7.22. The van der Waals surface area contributed by atoms with E-state index in [0.29, 0.717) is 23.1 Å². The summed E-state index contributed by atoms with van der Waals surface area (Å²) in [7, 11) is -1.98. The molecular formula is C24H31ClN2O3S. The Morgan fingerprint density at radius 3 is 2.42 bits per heavy atom. The number of rotatable bonds is 9. The Labute approximate surface area is 191 Å². The first kappa shape index (κ1) is 22.6. The van der Waals surface area contributed by atoms with Crippen LogP contribution in [0.3, 0.4) is 0 Å². The number of likely N-dealkylation sites (tertiary alicyclic amines) is 1. The second kappa shape index (κ2) is 9.90. The van der Waals surface area contributed by atoms with Crippen molar-refractivity contribution in [2.24, 2.45) is 5.92 Å². The molecule has 1 aliphatic carbocycles. The molecule has 0 radical (unpaired) electrons. The van der Waals surface area contributed by atoms with Crippen LogP contribution in [-0.2, 0) is 16.4 Å². The van der Waals surface area contributed by atoms with E-state index in [-0.39, 0.29) is 6.04 Å². The van der Waals surface area contributed by atoms with E-state index in [1.54, 1.807) is 35.7 Å². The van der Waals surface area contributed by atoms with Crippen LogP contribution in [0.4, 0.5) is 0 Å². The molecular weight excluding hydrogens is 432 g/mol. The molecule has 7 heteroatoms. The van der Waals surface area contributed by atoms with Crippen molar-refractivity contribution in [2.75, 3.05) is 33.3 Å². The van der Waals surface area contributed by atoms with Gasteiger partial charge in [-0.15, -0.1) is 0 Å². The van der Waals surface area contributed by atoms with E-state index in [2.05, 4.69) is 17.0 Å². The van der Waals surface area contributed by atoms with Gasteiger partial charge in [-0.25, -0.2) is 8.42 Å². The molecule has 1 aliphatic heterocycles. The lowest BCUT2D eigenvalue weighted by molar-refractivity contribution is 0.157. The van der Waals surface area contributed by atoms with Crippen LogP contribution in [-0.4, -0.2) is 57.0 Å². The van der Waals surface area contributed by atoms with Crippen LogP contribution in [0.1, 0.15) is 31.2 Å². The predicted molar refractivity (Wildman–Crippen MR) is 124 cm³/mol. The average Bonchev–Trinajstić information content (AvgIpc) is 3.62. The minimum Gasteiger partial charge on any atom is -0.497 e. The highest BCUT2D eigenvalue weighted by atomic mass is 35.5. The summed E-state index contributed by atoms with van der Waals surface area (Å²) in [5.74, 6) is 1.08. The maximum Gasteiger partial charge on any atom is 0.243 e. The first-order valence-electron chi connectivity index (χ1n) is 11.1. The molecule has 1 saturated heterocycles. The largest absolute Gasteiger partial charge is 0.497 e. The summed E-state index contributed by atoms with van der Waals surface area (Å²) >= 11 is 5.97. The Hall–Kier alpha value is -1.60. The van der Waals surface area contributed by atoms with Gasteiger partial charge in [0.05, 0.1) is 12.0 Å². The molecule has 0 aromatic heterocycles. The Bertz CT molecular complexity index is 969. The van der Waals surface area contributed by atoms with Crippen molar-refractivity contribution in [1.82, 2.24) is 9.21 Å². The van der Waals surface area contributed by atoms with Crippen LogP contribution in [0.25, 0.3) is 0 Å². The van der Waals surface area contributed by atoms with Crippen LogP contribution in [0.15, 0.2) is 53.4 Å². The number of sulfonamides is 1. The minimum absolute atomic E-state index is 0.0589. The van der Waals surface area contributed by atoms with Gasteiger partial charge in [-0.1, -0.05) is 29.8 Å². The molecule has 2 aromatic carbocycles. The van der Waals surface area contributed by atoms with E-state index < -0.39 is 10.0 Å². The lowest BCUT2D eigenvalue weighted by Gasteiger charge is -2.38. The molecule has 2 aromatic rings. The summed E-state index contributed by atoms with van der Waals surface area (Å²) in [5, 5.41) is 0.762. The number of methoxy groups -OCH3 is 1. The van der Waals surface area contributed by atoms with Crippen LogP contribution >= 0.6 is 11.6 Å². The lowest BCUT2D eigenvalue weighted by Crippen LogP contribution is -2.48. The van der Waals surface area contributed by atoms with Crippen LogP contribution in [0.5, 0.6) is 5.75 Å². The topological polar surface area (TPSA) is 49.9 Å². The first-order valence-corrected chi connectivity index (χ1v) is 12.9. The van der Waals surface area contributed by atoms with Gasteiger partial charge in [0.15, 0.2) is 0 Å². The lowest BCUT2D eigenvalue weighted by atomic mass is 10.0. The standard InChI is InChI=1S/C24H31ClN2O3S/c1-30-23-3-2-4-24(17-23)31(28,29)27(18-20-5-6-20)22-12-15-26(16-13-22)14-11-19-7-9-21(25)10-8-19/h2-4,7-10,17,20,22H,5-6,11-16,18H2,1H3. The van der Waals surface area contributed by atoms with Crippen molar-refractivity contribution in [3.63, 3.8) is 0 Å². The SMILES string of the molecule is COc1cccc(S(=O)(=O)N(CC2CC2)C2CCN(CCc3ccc(Cl)cc3)CC2)c1. The average molecular weight is 463 g/mol. The predicted octanol–water partition coefficient (Wildman–Crippen LogP) is 4.46. The molecule has 0 N–H and O–H groups in total. The molecule has 1 heterocycles. The van der Waals surface area contributed by atoms with E-state index in [4.69, 9.17) is 16.3 Å². The van der Waals surface area contributed by atoms with E-state index >= 15 is 0 Å². The van der Waals surface area contributed by atoms with E-state index in [0.717, 1.165) is 56.8 Å². The Morgan fingerprint density at radius 1 is 1.06 bits per heavy atom. The molecule has 31 heavy (non-hydrogen) atoms. The molecule has 0 atom stereocenters. The number of ether oxygens (including phenoxy) is 1. The monoisotopic (exact) mass is 462 g/mol. The molecule has 2 fully saturated rings. The highest BCUT2D eigenvalue weighted by Gasteiger charge is 2.37. The smallest absolute Gasteiger partial charge is 0.243 e. The second-order valence-corrected chi connectivity index (χ2v) is 11.0. The fourth-order valence-electron chi connectivity index (χ4n) is 4.26. The number of nitrogens with zero attached hydrogens (tertiary/aromatic N) is 2. The molecule has 1 saturated carbocycles. The number of benzene rings is 2. The normalized spacial score (nSPS) is 18.4. The molecule has 2 aliphatic rings. The van der Waals surface area contributed by atoms with E-state index in [9.17, 15) is 8.42 Å². The molecule has 168 valence electrons. The molecule has 4 rings (SSSR count). The Balaban J connectivity index is 1.40. The molecule has 5 nitrogen and oxygen atoms in total. The van der Waals surface area contributed by atoms with Gasteiger partial charge in [0.25, 0.3) is 0 Å². The van der Waals surface area contributed by atoms with Crippen molar-refractivity contribution in [1.29, 1.82) is 0 Å². The van der Waals surface area contributed by atoms with Crippen LogP contribution in [0.2, 0.25) is 5.02 Å². The van der Waals surface area contributed by atoms with Gasteiger partial charge in [0.1, 0.15) is 5.75 Å². The highest BCUT2D eigenvalue weighted by molar-refractivity contribution is 7.89. The number of hydrogen-bond donors (Lipinski definition) is 0. The number of hydrogen-bond acceptors (Lipinski definition) is 4. The summed E-state index contributed by atoms with van der Waals surface area (Å²) < 4.78 is 34.1. The van der Waals surface area contributed by atoms with E-state index in [1.165, 1.54) is 5.56 Å². The molecule has 0 bridgehead atoms. The molecule has 0 amide bonds. The Morgan fingerprint density at radius 2 is 1.77 bits per heavy atom. The van der Waals surface area contributed by atoms with Crippen molar-refractivity contribution >= 4 is 21.6 Å². The number of piperidine rings is 1. The third-order valence-electron chi connectivity index (χ3n) is 6.38. The third-order valence-corrected chi connectivity index (χ3v) is 8.54. The summed E-state index contributed by atoms with van der Waals surface area (Å²) in [6.07, 6.45) is 4.98. The summed E-state index contributed by atoms with van der Waals surface area (Å²) in [4.78, 5) is 2.77. The maximum atomic E-state index is 13.5. The van der Waals surface area contributed by atoms with Gasteiger partial charge in [-0.2, -0.15) is 4.31 Å². The minimum atomic E-state index is -3.54. The summed E-state index contributed by atoms with van der Waals surface area (Å²) in [5.41, 5.74) is 1.28. The van der Waals surface area contributed by atoms with Gasteiger partial charge < -0.3 is 9.64 Å². The zero-order chi connectivity index (χ0) is 21.8. The van der Waals surface area contributed by atoms with Crippen molar-refractivity contribution in [2.45, 2.75) is 43.0 Å². The van der Waals surface area contributed by atoms with Crippen molar-refractivity contribution in [3.05, 3.63) is 59.1 Å². The van der Waals surface area contributed by atoms with Crippen molar-refractivity contribution < 1.29 is 13.2 Å².